The lowest BCUT2D eigenvalue weighted by atomic mass is 9.93. The minimum Gasteiger partial charge on any atom is -0.409 e. The second kappa shape index (κ2) is 5.87. The zero-order chi connectivity index (χ0) is 14.8. The number of rotatable bonds is 3. The van der Waals surface area contributed by atoms with E-state index in [4.69, 9.17) is 10.9 Å². The van der Waals surface area contributed by atoms with Crippen LogP contribution in [0.1, 0.15) is 33.1 Å². The minimum absolute atomic E-state index is 0.0379. The first kappa shape index (κ1) is 14.9. The molecular weight excluding hydrogens is 258 g/mol. The average molecular weight is 283 g/mol. The fraction of sp³-hybridized carbons (Fsp3) is 0.846. The van der Waals surface area contributed by atoms with E-state index in [0.29, 0.717) is 19.1 Å². The molecule has 0 radical (unpaired) electrons. The van der Waals surface area contributed by atoms with Gasteiger partial charge in [0.25, 0.3) is 0 Å². The Morgan fingerprint density at radius 1 is 1.30 bits per heavy atom. The third-order valence-electron chi connectivity index (χ3n) is 4.52. The smallest absolute Gasteiger partial charge is 0.317 e. The van der Waals surface area contributed by atoms with Gasteiger partial charge in [0, 0.05) is 32.2 Å². The van der Waals surface area contributed by atoms with Gasteiger partial charge in [-0.15, -0.1) is 0 Å². The molecule has 0 atom stereocenters. The summed E-state index contributed by atoms with van der Waals surface area (Å²) in [6, 6.07) is 0.407. The number of oxime groups is 1. The number of carbonyl (C=O) groups excluding carboxylic acids is 1. The molecule has 2 amide bonds. The molecule has 7 heteroatoms. The highest BCUT2D eigenvalue weighted by molar-refractivity contribution is 5.88. The molecule has 7 nitrogen and oxygen atoms in total. The molecule has 0 bridgehead atoms. The van der Waals surface area contributed by atoms with Crippen LogP contribution in [0.3, 0.4) is 0 Å². The first-order valence-corrected chi connectivity index (χ1v) is 7.23. The summed E-state index contributed by atoms with van der Waals surface area (Å²) in [5.74, 6) is 0.199. The monoisotopic (exact) mass is 283 g/mol. The Bertz CT molecular complexity index is 384. The predicted octanol–water partition coefficient (Wildman–Crippen LogP) is 0.391. The summed E-state index contributed by atoms with van der Waals surface area (Å²) in [7, 11) is 0. The van der Waals surface area contributed by atoms with Crippen molar-refractivity contribution in [2.75, 3.05) is 26.2 Å². The van der Waals surface area contributed by atoms with Gasteiger partial charge in [0.2, 0.25) is 0 Å². The van der Waals surface area contributed by atoms with Gasteiger partial charge in [0.15, 0.2) is 5.84 Å². The van der Waals surface area contributed by atoms with Crippen molar-refractivity contribution >= 4 is 11.9 Å². The van der Waals surface area contributed by atoms with Crippen molar-refractivity contribution in [2.24, 2.45) is 10.9 Å². The molecule has 2 rings (SSSR count). The quantitative estimate of drug-likeness (QED) is 0.302. The number of piperazine rings is 1. The summed E-state index contributed by atoms with van der Waals surface area (Å²) < 4.78 is 0. The lowest BCUT2D eigenvalue weighted by Crippen LogP contribution is -2.61. The van der Waals surface area contributed by atoms with Crippen LogP contribution in [0.2, 0.25) is 0 Å². The number of amidine groups is 1. The number of amides is 2. The van der Waals surface area contributed by atoms with E-state index >= 15 is 0 Å². The van der Waals surface area contributed by atoms with E-state index in [1.807, 2.05) is 18.7 Å². The van der Waals surface area contributed by atoms with Crippen molar-refractivity contribution in [3.8, 4) is 0 Å². The molecule has 2 aliphatic rings. The number of nitrogens with one attached hydrogen (secondary N) is 1. The van der Waals surface area contributed by atoms with Gasteiger partial charge in [-0.1, -0.05) is 5.16 Å². The van der Waals surface area contributed by atoms with E-state index in [-0.39, 0.29) is 11.9 Å². The van der Waals surface area contributed by atoms with Crippen molar-refractivity contribution < 1.29 is 10.0 Å². The summed E-state index contributed by atoms with van der Waals surface area (Å²) in [4.78, 5) is 16.0. The average Bonchev–Trinajstić information content (AvgIpc) is 2.41. The van der Waals surface area contributed by atoms with Gasteiger partial charge in [-0.05, 0) is 33.1 Å². The van der Waals surface area contributed by atoms with Crippen LogP contribution in [-0.4, -0.2) is 64.6 Å². The van der Waals surface area contributed by atoms with Crippen LogP contribution in [0.25, 0.3) is 0 Å². The maximum atomic E-state index is 12.1. The second-order valence-electron chi connectivity index (χ2n) is 6.10. The van der Waals surface area contributed by atoms with Gasteiger partial charge in [0.05, 0.1) is 5.54 Å². The van der Waals surface area contributed by atoms with Crippen LogP contribution in [-0.2, 0) is 0 Å². The standard InChI is InChI=1S/C13H25N5O2/c1-13(2,11(14)16-20)18-8-6-17(7-9-18)12(19)15-10-4-3-5-10/h10,20H,3-9H2,1-2H3,(H2,14,16)(H,15,19). The molecule has 1 aliphatic carbocycles. The Morgan fingerprint density at radius 3 is 2.35 bits per heavy atom. The SMILES string of the molecule is CC(C)(C(N)=NO)N1CCN(C(=O)NC2CCC2)CC1. The number of hydrogen-bond acceptors (Lipinski definition) is 4. The number of carbonyl (C=O) groups is 1. The van der Waals surface area contributed by atoms with Gasteiger partial charge >= 0.3 is 6.03 Å². The molecule has 0 aromatic rings. The van der Waals surface area contributed by atoms with E-state index < -0.39 is 5.54 Å². The van der Waals surface area contributed by atoms with Gasteiger partial charge in [-0.3, -0.25) is 4.90 Å². The largest absolute Gasteiger partial charge is 0.409 e. The molecule has 20 heavy (non-hydrogen) atoms. The molecule has 0 aromatic carbocycles. The Labute approximate surface area is 119 Å². The Hall–Kier alpha value is -1.50. The molecule has 1 saturated heterocycles. The molecule has 2 fully saturated rings. The summed E-state index contributed by atoms with van der Waals surface area (Å²) in [5.41, 5.74) is 5.24. The van der Waals surface area contributed by atoms with Crippen LogP contribution < -0.4 is 11.1 Å². The highest BCUT2D eigenvalue weighted by Crippen LogP contribution is 2.20. The van der Waals surface area contributed by atoms with Crippen LogP contribution >= 0.6 is 0 Å². The number of nitrogens with zero attached hydrogens (tertiary/aromatic N) is 3. The van der Waals surface area contributed by atoms with Gasteiger partial charge < -0.3 is 21.2 Å². The first-order valence-electron chi connectivity index (χ1n) is 7.23. The molecule has 1 heterocycles. The third kappa shape index (κ3) is 2.98. The second-order valence-corrected chi connectivity index (χ2v) is 6.10. The molecule has 0 spiro atoms. The van der Waals surface area contributed by atoms with E-state index in [9.17, 15) is 4.79 Å². The van der Waals surface area contributed by atoms with Crippen molar-refractivity contribution in [3.63, 3.8) is 0 Å². The lowest BCUT2D eigenvalue weighted by molar-refractivity contribution is 0.0929. The van der Waals surface area contributed by atoms with Crippen molar-refractivity contribution in [1.82, 2.24) is 15.1 Å². The van der Waals surface area contributed by atoms with E-state index in [0.717, 1.165) is 25.9 Å². The fourth-order valence-corrected chi connectivity index (χ4v) is 2.57. The van der Waals surface area contributed by atoms with Crippen LogP contribution in [0.15, 0.2) is 5.16 Å². The molecule has 4 N–H and O–H groups in total. The van der Waals surface area contributed by atoms with Gasteiger partial charge in [-0.2, -0.15) is 0 Å². The Morgan fingerprint density at radius 2 is 1.90 bits per heavy atom. The zero-order valence-electron chi connectivity index (χ0n) is 12.3. The topological polar surface area (TPSA) is 94.2 Å². The Kier molecular flexibility index (Phi) is 4.37. The zero-order valence-corrected chi connectivity index (χ0v) is 12.3. The van der Waals surface area contributed by atoms with Gasteiger partial charge in [-0.25, -0.2) is 4.79 Å². The third-order valence-corrected chi connectivity index (χ3v) is 4.52. The Balaban J connectivity index is 1.84. The molecule has 114 valence electrons. The van der Waals surface area contributed by atoms with Crippen LogP contribution in [0, 0.1) is 0 Å². The number of nitrogens with two attached hydrogens (primary N) is 1. The fourth-order valence-electron chi connectivity index (χ4n) is 2.57. The minimum atomic E-state index is -0.495. The normalized spacial score (nSPS) is 22.5. The maximum absolute atomic E-state index is 12.1. The van der Waals surface area contributed by atoms with Crippen molar-refractivity contribution in [1.29, 1.82) is 0 Å². The summed E-state index contributed by atoms with van der Waals surface area (Å²) in [5, 5.41) is 15.0. The lowest BCUT2D eigenvalue weighted by Gasteiger charge is -2.43. The molecule has 1 saturated carbocycles. The molecule has 0 aromatic heterocycles. The van der Waals surface area contributed by atoms with E-state index in [1.165, 1.54) is 6.42 Å². The van der Waals surface area contributed by atoms with Crippen LogP contribution in [0.4, 0.5) is 4.79 Å². The summed E-state index contributed by atoms with van der Waals surface area (Å²) >= 11 is 0. The van der Waals surface area contributed by atoms with E-state index in [2.05, 4.69) is 15.4 Å². The molecule has 1 aliphatic heterocycles. The maximum Gasteiger partial charge on any atom is 0.317 e. The predicted molar refractivity (Wildman–Crippen MR) is 76.8 cm³/mol. The number of urea groups is 1. The number of hydrogen-bond donors (Lipinski definition) is 3. The highest BCUT2D eigenvalue weighted by Gasteiger charge is 2.35. The molecule has 0 unspecified atom stereocenters. The van der Waals surface area contributed by atoms with Crippen molar-refractivity contribution in [3.05, 3.63) is 0 Å². The van der Waals surface area contributed by atoms with E-state index in [1.54, 1.807) is 0 Å². The van der Waals surface area contributed by atoms with Crippen molar-refractivity contribution in [2.45, 2.75) is 44.7 Å². The highest BCUT2D eigenvalue weighted by atomic mass is 16.4. The first-order chi connectivity index (χ1) is 9.45. The summed E-state index contributed by atoms with van der Waals surface area (Å²) in [6.45, 7) is 6.63. The van der Waals surface area contributed by atoms with Gasteiger partial charge in [0.1, 0.15) is 0 Å². The summed E-state index contributed by atoms with van der Waals surface area (Å²) in [6.07, 6.45) is 3.41. The molecular formula is C13H25N5O2. The van der Waals surface area contributed by atoms with Crippen LogP contribution in [0.5, 0.6) is 0 Å².